The molecule has 0 aromatic heterocycles. The number of rotatable bonds is 3. The molecule has 0 spiro atoms. The molecule has 0 saturated carbocycles. The van der Waals surface area contributed by atoms with Gasteiger partial charge in [0.2, 0.25) is 0 Å². The Balaban J connectivity index is 2.14. The first-order valence-corrected chi connectivity index (χ1v) is 6.56. The van der Waals surface area contributed by atoms with Crippen molar-refractivity contribution in [3.05, 3.63) is 35.4 Å². The van der Waals surface area contributed by atoms with Crippen molar-refractivity contribution in [1.82, 2.24) is 4.90 Å². The molecule has 3 nitrogen and oxygen atoms in total. The minimum absolute atomic E-state index is 0.176. The van der Waals surface area contributed by atoms with Gasteiger partial charge in [0, 0.05) is 24.7 Å². The third kappa shape index (κ3) is 3.11. The molecule has 0 amide bonds. The molecule has 1 aromatic carbocycles. The Kier molecular flexibility index (Phi) is 4.50. The number of hydrogen-bond acceptors (Lipinski definition) is 3. The number of hydrogen-bond donors (Lipinski definition) is 1. The Morgan fingerprint density at radius 2 is 2.11 bits per heavy atom. The predicted molar refractivity (Wildman–Crippen MR) is 69.7 cm³/mol. The highest BCUT2D eigenvalue weighted by Crippen LogP contribution is 2.24. The first-order valence-electron chi connectivity index (χ1n) is 6.56. The number of morpholine rings is 1. The Hall–Kier alpha value is -1.04. The summed E-state index contributed by atoms with van der Waals surface area (Å²) >= 11 is 0. The molecule has 1 saturated heterocycles. The Morgan fingerprint density at radius 1 is 1.37 bits per heavy atom. The highest BCUT2D eigenvalue weighted by Gasteiger charge is 2.29. The van der Waals surface area contributed by atoms with Crippen molar-refractivity contribution >= 4 is 0 Å². The maximum absolute atomic E-state index is 13.7. The van der Waals surface area contributed by atoms with Gasteiger partial charge in [-0.15, -0.1) is 0 Å². The lowest BCUT2D eigenvalue weighted by Crippen LogP contribution is -2.49. The van der Waals surface area contributed by atoms with Gasteiger partial charge in [0.15, 0.2) is 11.6 Å². The van der Waals surface area contributed by atoms with E-state index in [4.69, 9.17) is 10.5 Å². The van der Waals surface area contributed by atoms with E-state index >= 15 is 0 Å². The SMILES string of the molecule is CC(C)N1CCOC(C(N)c2cccc(F)c2F)C1. The molecule has 5 heteroatoms. The molecule has 1 fully saturated rings. The van der Waals surface area contributed by atoms with Crippen LogP contribution in [0.1, 0.15) is 25.5 Å². The van der Waals surface area contributed by atoms with Gasteiger partial charge >= 0.3 is 0 Å². The highest BCUT2D eigenvalue weighted by molar-refractivity contribution is 5.23. The summed E-state index contributed by atoms with van der Waals surface area (Å²) in [5.41, 5.74) is 6.22. The van der Waals surface area contributed by atoms with E-state index in [-0.39, 0.29) is 11.7 Å². The molecule has 1 heterocycles. The normalized spacial score (nSPS) is 22.7. The van der Waals surface area contributed by atoms with Gasteiger partial charge in [-0.25, -0.2) is 8.78 Å². The lowest BCUT2D eigenvalue weighted by atomic mass is 9.99. The molecule has 2 unspecified atom stereocenters. The first-order chi connectivity index (χ1) is 9.00. The van der Waals surface area contributed by atoms with E-state index in [2.05, 4.69) is 18.7 Å². The number of nitrogens with two attached hydrogens (primary N) is 1. The second-order valence-electron chi connectivity index (χ2n) is 5.17. The van der Waals surface area contributed by atoms with Crippen LogP contribution in [0.4, 0.5) is 8.78 Å². The van der Waals surface area contributed by atoms with Crippen LogP contribution >= 0.6 is 0 Å². The number of ether oxygens (including phenoxy) is 1. The fraction of sp³-hybridized carbons (Fsp3) is 0.571. The molecule has 106 valence electrons. The van der Waals surface area contributed by atoms with Crippen molar-refractivity contribution in [1.29, 1.82) is 0 Å². The van der Waals surface area contributed by atoms with Crippen LogP contribution in [-0.2, 0) is 4.74 Å². The molecule has 0 bridgehead atoms. The minimum atomic E-state index is -0.875. The van der Waals surface area contributed by atoms with E-state index in [0.29, 0.717) is 19.2 Å². The van der Waals surface area contributed by atoms with Crippen LogP contribution in [0.25, 0.3) is 0 Å². The zero-order chi connectivity index (χ0) is 14.0. The van der Waals surface area contributed by atoms with Gasteiger partial charge in [0.25, 0.3) is 0 Å². The van der Waals surface area contributed by atoms with Gasteiger partial charge < -0.3 is 10.5 Å². The molecule has 0 aliphatic carbocycles. The third-order valence-corrected chi connectivity index (χ3v) is 3.60. The van der Waals surface area contributed by atoms with Crippen molar-refractivity contribution in [2.75, 3.05) is 19.7 Å². The summed E-state index contributed by atoms with van der Waals surface area (Å²) < 4.78 is 32.6. The smallest absolute Gasteiger partial charge is 0.163 e. The van der Waals surface area contributed by atoms with Crippen LogP contribution in [0.5, 0.6) is 0 Å². The summed E-state index contributed by atoms with van der Waals surface area (Å²) in [4.78, 5) is 2.23. The fourth-order valence-electron chi connectivity index (χ4n) is 2.36. The quantitative estimate of drug-likeness (QED) is 0.914. The molecule has 1 aliphatic heterocycles. The molecular weight excluding hydrogens is 250 g/mol. The molecule has 19 heavy (non-hydrogen) atoms. The average molecular weight is 270 g/mol. The van der Waals surface area contributed by atoms with Gasteiger partial charge in [0.1, 0.15) is 0 Å². The average Bonchev–Trinajstić information content (AvgIpc) is 2.41. The van der Waals surface area contributed by atoms with E-state index in [0.717, 1.165) is 12.6 Å². The van der Waals surface area contributed by atoms with E-state index in [9.17, 15) is 8.78 Å². The van der Waals surface area contributed by atoms with Crippen LogP contribution in [0.15, 0.2) is 18.2 Å². The topological polar surface area (TPSA) is 38.5 Å². The summed E-state index contributed by atoms with van der Waals surface area (Å²) in [5.74, 6) is -1.75. The second kappa shape index (κ2) is 5.94. The fourth-order valence-corrected chi connectivity index (χ4v) is 2.36. The standard InChI is InChI=1S/C14H20F2N2O/c1-9(2)18-6-7-19-12(8-18)14(17)10-4-3-5-11(15)13(10)16/h3-5,9,12,14H,6-8,17H2,1-2H3. The van der Waals surface area contributed by atoms with Crippen LogP contribution in [0.3, 0.4) is 0 Å². The van der Waals surface area contributed by atoms with Crippen LogP contribution in [0, 0.1) is 11.6 Å². The lowest BCUT2D eigenvalue weighted by molar-refractivity contribution is -0.0507. The maximum atomic E-state index is 13.7. The Morgan fingerprint density at radius 3 is 2.79 bits per heavy atom. The first kappa shape index (κ1) is 14.4. The van der Waals surface area contributed by atoms with Crippen LogP contribution in [-0.4, -0.2) is 36.7 Å². The molecule has 1 aromatic rings. The number of halogens is 2. The third-order valence-electron chi connectivity index (χ3n) is 3.60. The Bertz CT molecular complexity index is 439. The van der Waals surface area contributed by atoms with Gasteiger partial charge in [0.05, 0.1) is 18.8 Å². The largest absolute Gasteiger partial charge is 0.374 e. The molecule has 1 aliphatic rings. The van der Waals surface area contributed by atoms with Crippen molar-refractivity contribution < 1.29 is 13.5 Å². The summed E-state index contributed by atoms with van der Waals surface area (Å²) in [5, 5.41) is 0. The molecule has 0 radical (unpaired) electrons. The van der Waals surface area contributed by atoms with Crippen molar-refractivity contribution in [3.63, 3.8) is 0 Å². The van der Waals surface area contributed by atoms with Crippen molar-refractivity contribution in [3.8, 4) is 0 Å². The summed E-state index contributed by atoms with van der Waals surface area (Å²) in [7, 11) is 0. The highest BCUT2D eigenvalue weighted by atomic mass is 19.2. The van der Waals surface area contributed by atoms with Crippen molar-refractivity contribution in [2.45, 2.75) is 32.0 Å². The maximum Gasteiger partial charge on any atom is 0.163 e. The second-order valence-corrected chi connectivity index (χ2v) is 5.17. The van der Waals surface area contributed by atoms with Gasteiger partial charge in [-0.2, -0.15) is 0 Å². The van der Waals surface area contributed by atoms with Gasteiger partial charge in [-0.3, -0.25) is 4.90 Å². The zero-order valence-corrected chi connectivity index (χ0v) is 11.3. The predicted octanol–water partition coefficient (Wildman–Crippen LogP) is 2.07. The van der Waals surface area contributed by atoms with E-state index in [1.807, 2.05) is 0 Å². The van der Waals surface area contributed by atoms with Crippen LogP contribution < -0.4 is 5.73 Å². The summed E-state index contributed by atoms with van der Waals surface area (Å²) in [6, 6.07) is 3.80. The minimum Gasteiger partial charge on any atom is -0.374 e. The van der Waals surface area contributed by atoms with E-state index in [1.165, 1.54) is 12.1 Å². The molecule has 2 rings (SSSR count). The molecule has 2 N–H and O–H groups in total. The van der Waals surface area contributed by atoms with E-state index in [1.54, 1.807) is 0 Å². The number of nitrogens with zero attached hydrogens (tertiary/aromatic N) is 1. The van der Waals surface area contributed by atoms with Crippen molar-refractivity contribution in [2.24, 2.45) is 5.73 Å². The number of benzene rings is 1. The zero-order valence-electron chi connectivity index (χ0n) is 11.3. The lowest BCUT2D eigenvalue weighted by Gasteiger charge is -2.38. The van der Waals surface area contributed by atoms with E-state index < -0.39 is 17.7 Å². The van der Waals surface area contributed by atoms with Gasteiger partial charge in [-0.1, -0.05) is 12.1 Å². The Labute approximate surface area is 112 Å². The van der Waals surface area contributed by atoms with Gasteiger partial charge in [-0.05, 0) is 19.9 Å². The molecular formula is C14H20F2N2O. The summed E-state index contributed by atoms with van der Waals surface area (Å²) in [6.45, 7) is 6.22. The molecule has 2 atom stereocenters. The summed E-state index contributed by atoms with van der Waals surface area (Å²) in [6.07, 6.45) is -0.313. The monoisotopic (exact) mass is 270 g/mol. The van der Waals surface area contributed by atoms with Crippen LogP contribution in [0.2, 0.25) is 0 Å².